The Balaban J connectivity index is 1.99. The van der Waals surface area contributed by atoms with E-state index in [1.54, 1.807) is 11.3 Å². The number of aliphatic hydroxyl groups excluding tert-OH is 1. The Morgan fingerprint density at radius 1 is 1.52 bits per heavy atom. The van der Waals surface area contributed by atoms with Crippen LogP contribution in [0.3, 0.4) is 0 Å². The van der Waals surface area contributed by atoms with E-state index in [-0.39, 0.29) is 18.1 Å². The van der Waals surface area contributed by atoms with Crippen LogP contribution in [0.1, 0.15) is 37.5 Å². The number of fused-ring (bicyclic) bond motifs is 1. The van der Waals surface area contributed by atoms with Gasteiger partial charge in [-0.2, -0.15) is 4.98 Å². The van der Waals surface area contributed by atoms with Gasteiger partial charge in [0.1, 0.15) is 10.6 Å². The number of nitrogens with one attached hydrogen (secondary N) is 1. The first-order chi connectivity index (χ1) is 10.0. The van der Waals surface area contributed by atoms with Crippen LogP contribution in [-0.4, -0.2) is 27.2 Å². The average molecular weight is 306 g/mol. The zero-order valence-electron chi connectivity index (χ0n) is 12.5. The van der Waals surface area contributed by atoms with Crippen molar-refractivity contribution in [3.63, 3.8) is 0 Å². The molecule has 0 aromatic carbocycles. The zero-order valence-corrected chi connectivity index (χ0v) is 13.3. The SMILES string of the molecule is Cc1cc2c(NC3(CO)CCCC(C)C3)nc(N)nc2s1. The van der Waals surface area contributed by atoms with Crippen LogP contribution in [0.25, 0.3) is 10.2 Å². The molecular weight excluding hydrogens is 284 g/mol. The Bertz CT molecular complexity index is 656. The highest BCUT2D eigenvalue weighted by molar-refractivity contribution is 7.18. The standard InChI is InChI=1S/C15H22N4OS/c1-9-4-3-5-15(7-9,8-20)19-12-11-6-10(2)21-13(11)18-14(16)17-12/h6,9,20H,3-5,7-8H2,1-2H3,(H3,16,17,18,19). The lowest BCUT2D eigenvalue weighted by atomic mass is 9.77. The molecule has 0 aliphatic heterocycles. The molecule has 1 fully saturated rings. The topological polar surface area (TPSA) is 84.1 Å². The summed E-state index contributed by atoms with van der Waals surface area (Å²) in [6.45, 7) is 4.41. The van der Waals surface area contributed by atoms with Crippen LogP contribution in [0.15, 0.2) is 6.07 Å². The number of nitrogens with two attached hydrogens (primary N) is 1. The molecule has 21 heavy (non-hydrogen) atoms. The summed E-state index contributed by atoms with van der Waals surface area (Å²) in [6.07, 6.45) is 4.27. The Morgan fingerprint density at radius 2 is 2.33 bits per heavy atom. The molecule has 0 saturated heterocycles. The summed E-state index contributed by atoms with van der Waals surface area (Å²) in [6, 6.07) is 2.08. The van der Waals surface area contributed by atoms with Gasteiger partial charge in [-0.3, -0.25) is 0 Å². The van der Waals surface area contributed by atoms with Crippen molar-refractivity contribution < 1.29 is 5.11 Å². The van der Waals surface area contributed by atoms with Crippen molar-refractivity contribution in [2.24, 2.45) is 5.92 Å². The highest BCUT2D eigenvalue weighted by Crippen LogP contribution is 2.37. The van der Waals surface area contributed by atoms with Gasteiger partial charge in [-0.25, -0.2) is 4.98 Å². The molecule has 0 bridgehead atoms. The van der Waals surface area contributed by atoms with E-state index in [0.717, 1.165) is 35.3 Å². The minimum absolute atomic E-state index is 0.117. The molecule has 2 unspecified atom stereocenters. The minimum atomic E-state index is -0.290. The van der Waals surface area contributed by atoms with Crippen LogP contribution < -0.4 is 11.1 Å². The van der Waals surface area contributed by atoms with Crippen molar-refractivity contribution in [3.05, 3.63) is 10.9 Å². The third-order valence-electron chi connectivity index (χ3n) is 4.31. The predicted octanol–water partition coefficient (Wildman–Crippen LogP) is 2.94. The quantitative estimate of drug-likeness (QED) is 0.812. The summed E-state index contributed by atoms with van der Waals surface area (Å²) in [4.78, 5) is 10.8. The molecule has 3 rings (SSSR count). The van der Waals surface area contributed by atoms with Gasteiger partial charge in [-0.15, -0.1) is 11.3 Å². The number of nitrogens with zero attached hydrogens (tertiary/aromatic N) is 2. The molecule has 6 heteroatoms. The van der Waals surface area contributed by atoms with E-state index in [9.17, 15) is 5.11 Å². The van der Waals surface area contributed by atoms with Crippen molar-refractivity contribution in [2.45, 2.75) is 45.1 Å². The van der Waals surface area contributed by atoms with Crippen molar-refractivity contribution in [2.75, 3.05) is 17.7 Å². The second-order valence-electron chi connectivity index (χ2n) is 6.27. The normalized spacial score (nSPS) is 26.1. The van der Waals surface area contributed by atoms with Gasteiger partial charge >= 0.3 is 0 Å². The maximum absolute atomic E-state index is 9.93. The monoisotopic (exact) mass is 306 g/mol. The molecule has 2 aromatic heterocycles. The fourth-order valence-electron chi connectivity index (χ4n) is 3.36. The van der Waals surface area contributed by atoms with Crippen molar-refractivity contribution >= 4 is 33.3 Å². The molecule has 0 spiro atoms. The van der Waals surface area contributed by atoms with Crippen LogP contribution >= 0.6 is 11.3 Å². The zero-order chi connectivity index (χ0) is 15.0. The first kappa shape index (κ1) is 14.5. The van der Waals surface area contributed by atoms with E-state index >= 15 is 0 Å². The second kappa shape index (κ2) is 5.42. The lowest BCUT2D eigenvalue weighted by Gasteiger charge is -2.39. The van der Waals surface area contributed by atoms with Crippen molar-refractivity contribution in [1.29, 1.82) is 0 Å². The van der Waals surface area contributed by atoms with Gasteiger partial charge in [0, 0.05) is 4.88 Å². The van der Waals surface area contributed by atoms with Crippen LogP contribution in [0, 0.1) is 12.8 Å². The summed E-state index contributed by atoms with van der Waals surface area (Å²) >= 11 is 1.62. The molecule has 1 aliphatic carbocycles. The number of aryl methyl sites for hydroxylation is 1. The molecule has 0 radical (unpaired) electrons. The van der Waals surface area contributed by atoms with Gasteiger partial charge in [-0.05, 0) is 31.7 Å². The summed E-state index contributed by atoms with van der Waals surface area (Å²) < 4.78 is 0. The fourth-order valence-corrected chi connectivity index (χ4v) is 4.25. The van der Waals surface area contributed by atoms with E-state index in [2.05, 4.69) is 35.2 Å². The van der Waals surface area contributed by atoms with Crippen LogP contribution in [0.5, 0.6) is 0 Å². The Labute approximate surface area is 128 Å². The number of anilines is 2. The number of rotatable bonds is 3. The number of aromatic nitrogens is 2. The van der Waals surface area contributed by atoms with Crippen LogP contribution in [0.2, 0.25) is 0 Å². The van der Waals surface area contributed by atoms with Gasteiger partial charge in [0.15, 0.2) is 0 Å². The first-order valence-corrected chi connectivity index (χ1v) is 8.26. The summed E-state index contributed by atoms with van der Waals surface area (Å²) in [5.41, 5.74) is 5.54. The third-order valence-corrected chi connectivity index (χ3v) is 5.26. The Hall–Kier alpha value is -1.40. The highest BCUT2D eigenvalue weighted by Gasteiger charge is 2.35. The molecule has 5 nitrogen and oxygen atoms in total. The lowest BCUT2D eigenvalue weighted by Crippen LogP contribution is -2.46. The van der Waals surface area contributed by atoms with Gasteiger partial charge in [-0.1, -0.05) is 19.8 Å². The molecule has 114 valence electrons. The molecule has 1 aliphatic rings. The summed E-state index contributed by atoms with van der Waals surface area (Å²) in [5.74, 6) is 1.64. The molecule has 2 heterocycles. The van der Waals surface area contributed by atoms with E-state index in [1.807, 2.05) is 0 Å². The van der Waals surface area contributed by atoms with Crippen molar-refractivity contribution in [1.82, 2.24) is 9.97 Å². The largest absolute Gasteiger partial charge is 0.394 e. The van der Waals surface area contributed by atoms with Gasteiger partial charge in [0.25, 0.3) is 0 Å². The van der Waals surface area contributed by atoms with Crippen LogP contribution in [0.4, 0.5) is 11.8 Å². The average Bonchev–Trinajstić information content (AvgIpc) is 2.79. The molecule has 0 amide bonds. The number of aliphatic hydroxyl groups is 1. The second-order valence-corrected chi connectivity index (χ2v) is 7.51. The first-order valence-electron chi connectivity index (χ1n) is 7.44. The molecule has 2 atom stereocenters. The number of hydrogen-bond donors (Lipinski definition) is 3. The number of thiophene rings is 1. The maximum Gasteiger partial charge on any atom is 0.223 e. The van der Waals surface area contributed by atoms with Crippen molar-refractivity contribution in [3.8, 4) is 0 Å². The highest BCUT2D eigenvalue weighted by atomic mass is 32.1. The van der Waals surface area contributed by atoms with Crippen LogP contribution in [-0.2, 0) is 0 Å². The number of hydrogen-bond acceptors (Lipinski definition) is 6. The number of nitrogen functional groups attached to an aromatic ring is 1. The summed E-state index contributed by atoms with van der Waals surface area (Å²) in [7, 11) is 0. The van der Waals surface area contributed by atoms with Gasteiger partial charge < -0.3 is 16.2 Å². The van der Waals surface area contributed by atoms with E-state index in [0.29, 0.717) is 5.92 Å². The van der Waals surface area contributed by atoms with Gasteiger partial charge in [0.05, 0.1) is 17.5 Å². The predicted molar refractivity (Wildman–Crippen MR) is 87.6 cm³/mol. The Morgan fingerprint density at radius 3 is 3.05 bits per heavy atom. The van der Waals surface area contributed by atoms with Gasteiger partial charge in [0.2, 0.25) is 5.95 Å². The molecule has 4 N–H and O–H groups in total. The molecule has 2 aromatic rings. The smallest absolute Gasteiger partial charge is 0.223 e. The lowest BCUT2D eigenvalue weighted by molar-refractivity contribution is 0.149. The Kier molecular flexibility index (Phi) is 3.75. The van der Waals surface area contributed by atoms with E-state index in [1.165, 1.54) is 11.3 Å². The summed E-state index contributed by atoms with van der Waals surface area (Å²) in [5, 5.41) is 14.4. The maximum atomic E-state index is 9.93. The fraction of sp³-hybridized carbons (Fsp3) is 0.600. The third kappa shape index (κ3) is 2.82. The molecule has 1 saturated carbocycles. The van der Waals surface area contributed by atoms with E-state index < -0.39 is 0 Å². The molecular formula is C15H22N4OS. The minimum Gasteiger partial charge on any atom is -0.394 e. The van der Waals surface area contributed by atoms with E-state index in [4.69, 9.17) is 5.73 Å².